The van der Waals surface area contributed by atoms with Gasteiger partial charge in [0.2, 0.25) is 0 Å². The number of hydrogen-bond acceptors (Lipinski definition) is 3. The molecule has 1 fully saturated rings. The van der Waals surface area contributed by atoms with Crippen LogP contribution in [0.3, 0.4) is 0 Å². The minimum absolute atomic E-state index is 0.430. The molecule has 0 radical (unpaired) electrons. The molecule has 1 rings (SSSR count). The summed E-state index contributed by atoms with van der Waals surface area (Å²) in [4.78, 5) is 13.4. The Morgan fingerprint density at radius 3 is 2.64 bits per heavy atom. The molecule has 3 heteroatoms. The van der Waals surface area contributed by atoms with E-state index in [0.717, 1.165) is 45.4 Å². The molecular formula is C11H21NO2. The predicted octanol–water partition coefficient (Wildman–Crippen LogP) is 1.47. The summed E-state index contributed by atoms with van der Waals surface area (Å²) in [5, 5.41) is 0. The van der Waals surface area contributed by atoms with Gasteiger partial charge in [-0.1, -0.05) is 0 Å². The first-order valence-electron chi connectivity index (χ1n) is 5.53. The maximum absolute atomic E-state index is 11.0. The van der Waals surface area contributed by atoms with Gasteiger partial charge < -0.3 is 9.64 Å². The standard InChI is InChI=1S/C11H21NO2/c1-3-14-9-8-12(2)10-4-6-11(13)7-5-10/h10H,3-9H2,1-2H3. The van der Waals surface area contributed by atoms with E-state index < -0.39 is 0 Å². The molecule has 0 aromatic carbocycles. The number of likely N-dealkylation sites (N-methyl/N-ethyl adjacent to an activating group) is 1. The van der Waals surface area contributed by atoms with E-state index in [-0.39, 0.29) is 0 Å². The molecule has 0 aliphatic heterocycles. The first-order chi connectivity index (χ1) is 6.74. The summed E-state index contributed by atoms with van der Waals surface area (Å²) >= 11 is 0. The number of nitrogens with zero attached hydrogens (tertiary/aromatic N) is 1. The van der Waals surface area contributed by atoms with Crippen molar-refractivity contribution in [2.24, 2.45) is 0 Å². The average Bonchev–Trinajstić information content (AvgIpc) is 2.19. The third-order valence-electron chi connectivity index (χ3n) is 2.93. The monoisotopic (exact) mass is 199 g/mol. The van der Waals surface area contributed by atoms with E-state index in [4.69, 9.17) is 4.74 Å². The normalized spacial score (nSPS) is 19.2. The fourth-order valence-corrected chi connectivity index (χ4v) is 1.90. The van der Waals surface area contributed by atoms with Crippen molar-refractivity contribution in [1.29, 1.82) is 0 Å². The van der Waals surface area contributed by atoms with Crippen LogP contribution in [0.4, 0.5) is 0 Å². The van der Waals surface area contributed by atoms with Crippen LogP contribution in [0.1, 0.15) is 32.6 Å². The summed E-state index contributed by atoms with van der Waals surface area (Å²) in [6.07, 6.45) is 3.59. The van der Waals surface area contributed by atoms with Crippen molar-refractivity contribution < 1.29 is 9.53 Å². The summed E-state index contributed by atoms with van der Waals surface area (Å²) in [6, 6.07) is 0.591. The summed E-state index contributed by atoms with van der Waals surface area (Å²) in [5.41, 5.74) is 0. The van der Waals surface area contributed by atoms with Crippen molar-refractivity contribution in [2.75, 3.05) is 26.8 Å². The molecule has 0 unspecified atom stereocenters. The second-order valence-electron chi connectivity index (χ2n) is 3.95. The van der Waals surface area contributed by atoms with Crippen LogP contribution >= 0.6 is 0 Å². The molecular weight excluding hydrogens is 178 g/mol. The van der Waals surface area contributed by atoms with E-state index in [9.17, 15) is 4.79 Å². The second kappa shape index (κ2) is 6.14. The van der Waals surface area contributed by atoms with Gasteiger partial charge in [0, 0.05) is 32.0 Å². The highest BCUT2D eigenvalue weighted by atomic mass is 16.5. The molecule has 0 heterocycles. The smallest absolute Gasteiger partial charge is 0.133 e. The Kier molecular flexibility index (Phi) is 5.12. The number of carbonyl (C=O) groups is 1. The van der Waals surface area contributed by atoms with Gasteiger partial charge in [0.05, 0.1) is 6.61 Å². The number of ether oxygens (including phenoxy) is 1. The molecule has 0 N–H and O–H groups in total. The van der Waals surface area contributed by atoms with Crippen LogP contribution < -0.4 is 0 Å². The van der Waals surface area contributed by atoms with Gasteiger partial charge in [0.25, 0.3) is 0 Å². The Bertz CT molecular complexity index is 172. The van der Waals surface area contributed by atoms with Crippen molar-refractivity contribution in [1.82, 2.24) is 4.90 Å². The van der Waals surface area contributed by atoms with Crippen LogP contribution in [0.15, 0.2) is 0 Å². The number of Topliss-reactive ketones (excluding diaryl/α,β-unsaturated/α-hetero) is 1. The van der Waals surface area contributed by atoms with Crippen molar-refractivity contribution in [3.05, 3.63) is 0 Å². The maximum Gasteiger partial charge on any atom is 0.133 e. The van der Waals surface area contributed by atoms with Crippen molar-refractivity contribution >= 4 is 5.78 Å². The minimum Gasteiger partial charge on any atom is -0.380 e. The Morgan fingerprint density at radius 2 is 2.07 bits per heavy atom. The maximum atomic E-state index is 11.0. The van der Waals surface area contributed by atoms with E-state index in [0.29, 0.717) is 11.8 Å². The number of ketones is 1. The Labute approximate surface area is 86.4 Å². The van der Waals surface area contributed by atoms with Crippen LogP contribution in [0.25, 0.3) is 0 Å². The first-order valence-corrected chi connectivity index (χ1v) is 5.53. The molecule has 0 saturated heterocycles. The van der Waals surface area contributed by atoms with E-state index >= 15 is 0 Å². The van der Waals surface area contributed by atoms with Gasteiger partial charge in [-0.2, -0.15) is 0 Å². The second-order valence-corrected chi connectivity index (χ2v) is 3.95. The predicted molar refractivity (Wildman–Crippen MR) is 56.4 cm³/mol. The van der Waals surface area contributed by atoms with Gasteiger partial charge in [0.15, 0.2) is 0 Å². The van der Waals surface area contributed by atoms with E-state index in [1.807, 2.05) is 6.92 Å². The molecule has 3 nitrogen and oxygen atoms in total. The molecule has 0 atom stereocenters. The lowest BCUT2D eigenvalue weighted by Gasteiger charge is -2.30. The molecule has 0 spiro atoms. The molecule has 0 amide bonds. The van der Waals surface area contributed by atoms with Crippen LogP contribution in [0.5, 0.6) is 0 Å². The van der Waals surface area contributed by atoms with Gasteiger partial charge in [-0.15, -0.1) is 0 Å². The van der Waals surface area contributed by atoms with Crippen LogP contribution in [0.2, 0.25) is 0 Å². The highest BCUT2D eigenvalue weighted by Gasteiger charge is 2.21. The molecule has 1 aliphatic carbocycles. The largest absolute Gasteiger partial charge is 0.380 e. The van der Waals surface area contributed by atoms with Crippen molar-refractivity contribution in [3.8, 4) is 0 Å². The molecule has 1 aliphatic rings. The fourth-order valence-electron chi connectivity index (χ4n) is 1.90. The van der Waals surface area contributed by atoms with Crippen LogP contribution in [-0.4, -0.2) is 43.5 Å². The summed E-state index contributed by atoms with van der Waals surface area (Å²) < 4.78 is 5.31. The number of carbonyl (C=O) groups excluding carboxylic acids is 1. The minimum atomic E-state index is 0.430. The Hall–Kier alpha value is -0.410. The SMILES string of the molecule is CCOCCN(C)C1CCC(=O)CC1. The van der Waals surface area contributed by atoms with Gasteiger partial charge in [-0.25, -0.2) is 0 Å². The van der Waals surface area contributed by atoms with E-state index in [1.165, 1.54) is 0 Å². The lowest BCUT2D eigenvalue weighted by atomic mass is 9.93. The number of hydrogen-bond donors (Lipinski definition) is 0. The molecule has 0 aromatic rings. The Morgan fingerprint density at radius 1 is 1.43 bits per heavy atom. The van der Waals surface area contributed by atoms with Crippen molar-refractivity contribution in [2.45, 2.75) is 38.6 Å². The van der Waals surface area contributed by atoms with Gasteiger partial charge in [-0.05, 0) is 26.8 Å². The number of rotatable bonds is 5. The Balaban J connectivity index is 2.16. The van der Waals surface area contributed by atoms with E-state index in [2.05, 4.69) is 11.9 Å². The van der Waals surface area contributed by atoms with Gasteiger partial charge in [-0.3, -0.25) is 4.79 Å². The quantitative estimate of drug-likeness (QED) is 0.628. The lowest BCUT2D eigenvalue weighted by Crippen LogP contribution is -2.37. The lowest BCUT2D eigenvalue weighted by molar-refractivity contribution is -0.121. The fraction of sp³-hybridized carbons (Fsp3) is 0.909. The highest BCUT2D eigenvalue weighted by Crippen LogP contribution is 2.18. The summed E-state index contributed by atoms with van der Waals surface area (Å²) in [7, 11) is 2.12. The summed E-state index contributed by atoms with van der Waals surface area (Å²) in [6.45, 7) is 4.58. The van der Waals surface area contributed by atoms with Crippen LogP contribution in [0, 0.1) is 0 Å². The highest BCUT2D eigenvalue weighted by molar-refractivity contribution is 5.79. The van der Waals surface area contributed by atoms with Gasteiger partial charge in [0.1, 0.15) is 5.78 Å². The van der Waals surface area contributed by atoms with E-state index in [1.54, 1.807) is 0 Å². The van der Waals surface area contributed by atoms with Crippen LogP contribution in [-0.2, 0) is 9.53 Å². The molecule has 1 saturated carbocycles. The third kappa shape index (κ3) is 3.76. The molecule has 82 valence electrons. The molecule has 0 bridgehead atoms. The zero-order valence-corrected chi connectivity index (χ0v) is 9.29. The third-order valence-corrected chi connectivity index (χ3v) is 2.93. The molecule has 0 aromatic heterocycles. The first kappa shape index (κ1) is 11.7. The average molecular weight is 199 g/mol. The van der Waals surface area contributed by atoms with Crippen molar-refractivity contribution in [3.63, 3.8) is 0 Å². The molecule has 14 heavy (non-hydrogen) atoms. The summed E-state index contributed by atoms with van der Waals surface area (Å²) in [5.74, 6) is 0.430. The zero-order chi connectivity index (χ0) is 10.4. The zero-order valence-electron chi connectivity index (χ0n) is 9.29. The topological polar surface area (TPSA) is 29.5 Å². The van der Waals surface area contributed by atoms with Gasteiger partial charge >= 0.3 is 0 Å².